The third-order valence-electron chi connectivity index (χ3n) is 4.65. The number of rotatable bonds is 14. The van der Waals surface area contributed by atoms with Crippen molar-refractivity contribution in [2.45, 2.75) is 84.0 Å². The first-order valence-corrected chi connectivity index (χ1v) is 15.5. The van der Waals surface area contributed by atoms with Gasteiger partial charge in [-0.05, 0) is 62.3 Å². The summed E-state index contributed by atoms with van der Waals surface area (Å²) in [5.74, 6) is 0. The second-order valence-electron chi connectivity index (χ2n) is 7.60. The van der Waals surface area contributed by atoms with E-state index in [-0.39, 0.29) is 0 Å². The Bertz CT molecular complexity index is 568. The Labute approximate surface area is 229 Å². The van der Waals surface area contributed by atoms with Crippen molar-refractivity contribution in [2.24, 2.45) is 0 Å². The van der Waals surface area contributed by atoms with Gasteiger partial charge in [0.1, 0.15) is 0 Å². The second kappa shape index (κ2) is 31.7. The number of unbranched alkanes of at least 4 members (excludes halogenated alkanes) is 9. The van der Waals surface area contributed by atoms with E-state index in [1.807, 2.05) is 43.7 Å². The zero-order valence-corrected chi connectivity index (χ0v) is 25.5. The summed E-state index contributed by atoms with van der Waals surface area (Å²) in [6.07, 6.45) is 23.6. The fourth-order valence-electron chi connectivity index (χ4n) is 2.84. The Kier molecular flexibility index (Phi) is 33.5. The van der Waals surface area contributed by atoms with Crippen molar-refractivity contribution >= 4 is 47.8 Å². The first kappa shape index (κ1) is 34.9. The maximum absolute atomic E-state index is 7.00. The topological polar surface area (TPSA) is 46.0 Å². The van der Waals surface area contributed by atoms with Crippen LogP contribution in [0.1, 0.15) is 81.8 Å². The number of hydrogen-bond acceptors (Lipinski definition) is 3. The van der Waals surface area contributed by atoms with Gasteiger partial charge < -0.3 is 5.11 Å². The third-order valence-corrected chi connectivity index (χ3v) is 6.33. The lowest BCUT2D eigenvalue weighted by Gasteiger charge is -2.01. The summed E-state index contributed by atoms with van der Waals surface area (Å²) in [5.41, 5.74) is 2.58. The molecule has 0 fully saturated rings. The molecule has 2 aromatic heterocycles. The largest absolute Gasteiger partial charge is 0.400 e. The molecule has 1 N–H and O–H groups in total. The standard InChI is InChI=1S/C13H20BrN.C7H14Br2.C6H7N.CH4O/c14-10-6-4-2-1-3-5-8-13-9-7-11-15-12-13;8-6-4-2-1-3-5-7-9;1-6-3-2-4-7-5-6;1-2/h7,9,11-12H,1-6,8,10H2;1-7H2;2-5H,1H3;2H,1H3. The molecule has 0 aliphatic rings. The molecule has 190 valence electrons. The molecule has 6 heteroatoms. The molecule has 3 nitrogen and oxygen atoms in total. The number of aliphatic hydroxyl groups is 1. The van der Waals surface area contributed by atoms with Crippen LogP contribution in [0.4, 0.5) is 0 Å². The lowest BCUT2D eigenvalue weighted by molar-refractivity contribution is 0.399. The second-order valence-corrected chi connectivity index (χ2v) is 9.98. The van der Waals surface area contributed by atoms with E-state index < -0.39 is 0 Å². The summed E-state index contributed by atoms with van der Waals surface area (Å²) in [6, 6.07) is 8.13. The predicted molar refractivity (Wildman–Crippen MR) is 157 cm³/mol. The molecular formula is C27H45Br3N2O. The number of aryl methyl sites for hydroxylation is 2. The molecule has 2 aromatic rings. The molecule has 2 heterocycles. The lowest BCUT2D eigenvalue weighted by Crippen LogP contribution is -1.87. The zero-order valence-electron chi connectivity index (χ0n) is 20.7. The van der Waals surface area contributed by atoms with Crippen molar-refractivity contribution in [2.75, 3.05) is 23.1 Å². The highest BCUT2D eigenvalue weighted by molar-refractivity contribution is 9.09. The highest BCUT2D eigenvalue weighted by Gasteiger charge is 1.93. The number of aliphatic hydroxyl groups excluding tert-OH is 1. The van der Waals surface area contributed by atoms with E-state index in [2.05, 4.69) is 63.8 Å². The van der Waals surface area contributed by atoms with E-state index in [4.69, 9.17) is 5.11 Å². The molecule has 0 saturated carbocycles. The van der Waals surface area contributed by atoms with Crippen LogP contribution >= 0.6 is 47.8 Å². The van der Waals surface area contributed by atoms with Gasteiger partial charge in [-0.15, -0.1) is 0 Å². The molecule has 0 aromatic carbocycles. The minimum atomic E-state index is 1.00. The first-order valence-electron chi connectivity index (χ1n) is 12.1. The Morgan fingerprint density at radius 1 is 0.606 bits per heavy atom. The SMILES string of the molecule is BrCCCCCCCBr.BrCCCCCCCCc1cccnc1.CO.Cc1cccnc1. The molecule has 0 amide bonds. The summed E-state index contributed by atoms with van der Waals surface area (Å²) >= 11 is 10.3. The predicted octanol–water partition coefficient (Wildman–Crippen LogP) is 9.08. The van der Waals surface area contributed by atoms with Gasteiger partial charge in [0.05, 0.1) is 0 Å². The Morgan fingerprint density at radius 2 is 1.03 bits per heavy atom. The number of alkyl halides is 3. The van der Waals surface area contributed by atoms with Gasteiger partial charge in [-0.1, -0.05) is 105 Å². The summed E-state index contributed by atoms with van der Waals surface area (Å²) in [6.45, 7) is 2.02. The van der Waals surface area contributed by atoms with Gasteiger partial charge in [-0.25, -0.2) is 0 Å². The third kappa shape index (κ3) is 29.7. The molecule has 0 atom stereocenters. The number of aromatic nitrogens is 2. The van der Waals surface area contributed by atoms with Crippen LogP contribution in [0.15, 0.2) is 49.1 Å². The average Bonchev–Trinajstić information content (AvgIpc) is 2.87. The van der Waals surface area contributed by atoms with Crippen molar-refractivity contribution in [1.82, 2.24) is 9.97 Å². The van der Waals surface area contributed by atoms with Gasteiger partial charge in [-0.3, -0.25) is 9.97 Å². The monoisotopic (exact) mass is 650 g/mol. The van der Waals surface area contributed by atoms with Crippen LogP contribution in [0.25, 0.3) is 0 Å². The quantitative estimate of drug-likeness (QED) is 0.164. The summed E-state index contributed by atoms with van der Waals surface area (Å²) in [7, 11) is 1.00. The number of hydrogen-bond donors (Lipinski definition) is 1. The van der Waals surface area contributed by atoms with Crippen LogP contribution in [-0.2, 0) is 6.42 Å². The highest BCUT2D eigenvalue weighted by atomic mass is 79.9. The van der Waals surface area contributed by atoms with Crippen molar-refractivity contribution in [3.63, 3.8) is 0 Å². The lowest BCUT2D eigenvalue weighted by atomic mass is 10.1. The fourth-order valence-corrected chi connectivity index (χ4v) is 4.03. The number of halogens is 3. The van der Waals surface area contributed by atoms with E-state index in [0.717, 1.165) is 12.4 Å². The molecule has 33 heavy (non-hydrogen) atoms. The Hall–Kier alpha value is -0.300. The molecule has 0 bridgehead atoms. The molecule has 0 aliphatic carbocycles. The minimum absolute atomic E-state index is 1.00. The van der Waals surface area contributed by atoms with Crippen LogP contribution in [0, 0.1) is 6.92 Å². The van der Waals surface area contributed by atoms with Gasteiger partial charge in [0.15, 0.2) is 0 Å². The normalized spacial score (nSPS) is 9.52. The summed E-state index contributed by atoms with van der Waals surface area (Å²) in [5, 5.41) is 10.5. The van der Waals surface area contributed by atoms with Crippen LogP contribution in [0.5, 0.6) is 0 Å². The Balaban J connectivity index is 0. The van der Waals surface area contributed by atoms with E-state index in [1.165, 1.54) is 98.8 Å². The maximum atomic E-state index is 7.00. The summed E-state index contributed by atoms with van der Waals surface area (Å²) in [4.78, 5) is 8.00. The molecular weight excluding hydrogens is 608 g/mol. The molecule has 0 unspecified atom stereocenters. The average molecular weight is 653 g/mol. The van der Waals surface area contributed by atoms with Crippen LogP contribution in [0.3, 0.4) is 0 Å². The summed E-state index contributed by atoms with van der Waals surface area (Å²) < 4.78 is 0. The van der Waals surface area contributed by atoms with Crippen molar-refractivity contribution < 1.29 is 5.11 Å². The van der Waals surface area contributed by atoms with Crippen molar-refractivity contribution in [3.05, 3.63) is 60.2 Å². The van der Waals surface area contributed by atoms with Crippen LogP contribution in [-0.4, -0.2) is 38.2 Å². The molecule has 0 radical (unpaired) electrons. The van der Waals surface area contributed by atoms with E-state index in [0.29, 0.717) is 0 Å². The van der Waals surface area contributed by atoms with Gasteiger partial charge in [0, 0.05) is 47.9 Å². The van der Waals surface area contributed by atoms with Gasteiger partial charge >= 0.3 is 0 Å². The molecule has 2 rings (SSSR count). The first-order chi connectivity index (χ1) is 16.2. The minimum Gasteiger partial charge on any atom is -0.400 e. The van der Waals surface area contributed by atoms with Crippen LogP contribution < -0.4 is 0 Å². The van der Waals surface area contributed by atoms with E-state index in [1.54, 1.807) is 6.20 Å². The van der Waals surface area contributed by atoms with E-state index in [9.17, 15) is 0 Å². The smallest absolute Gasteiger partial charge is 0.0319 e. The van der Waals surface area contributed by atoms with E-state index >= 15 is 0 Å². The fraction of sp³-hybridized carbons (Fsp3) is 0.630. The molecule has 0 saturated heterocycles. The maximum Gasteiger partial charge on any atom is 0.0319 e. The highest BCUT2D eigenvalue weighted by Crippen LogP contribution is 2.09. The Morgan fingerprint density at radius 3 is 1.36 bits per heavy atom. The van der Waals surface area contributed by atoms with Crippen molar-refractivity contribution in [3.8, 4) is 0 Å². The number of pyridine rings is 2. The van der Waals surface area contributed by atoms with Crippen molar-refractivity contribution in [1.29, 1.82) is 0 Å². The van der Waals surface area contributed by atoms with Crippen LogP contribution in [0.2, 0.25) is 0 Å². The molecule has 0 aliphatic heterocycles. The number of nitrogens with zero attached hydrogens (tertiary/aromatic N) is 2. The van der Waals surface area contributed by atoms with Gasteiger partial charge in [0.25, 0.3) is 0 Å². The van der Waals surface area contributed by atoms with Gasteiger partial charge in [0.2, 0.25) is 0 Å². The zero-order chi connectivity index (χ0) is 24.8. The molecule has 0 spiro atoms. The van der Waals surface area contributed by atoms with Gasteiger partial charge in [-0.2, -0.15) is 0 Å².